The molecule has 0 saturated carbocycles. The number of amides is 2. The summed E-state index contributed by atoms with van der Waals surface area (Å²) in [6.45, 7) is 3.98. The Morgan fingerprint density at radius 3 is 2.31 bits per heavy atom. The highest BCUT2D eigenvalue weighted by Crippen LogP contribution is 2.29. The summed E-state index contributed by atoms with van der Waals surface area (Å²) in [6.07, 6.45) is 3.41. The zero-order valence-corrected chi connectivity index (χ0v) is 20.2. The number of pyridine rings is 2. The van der Waals surface area contributed by atoms with Crippen LogP contribution in [0.15, 0.2) is 84.0 Å². The van der Waals surface area contributed by atoms with Crippen LogP contribution in [0.4, 0.5) is 5.69 Å². The van der Waals surface area contributed by atoms with Crippen molar-refractivity contribution in [1.82, 2.24) is 19.8 Å². The number of hydrogen-bond acceptors (Lipinski definition) is 6. The van der Waals surface area contributed by atoms with Gasteiger partial charge in [0.1, 0.15) is 5.69 Å². The second-order valence-electron chi connectivity index (χ2n) is 8.36. The van der Waals surface area contributed by atoms with Crippen LogP contribution < -0.4 is 4.72 Å². The Labute approximate surface area is 208 Å². The molecule has 1 fully saturated rings. The summed E-state index contributed by atoms with van der Waals surface area (Å²) in [5, 5.41) is 1.10. The van der Waals surface area contributed by atoms with E-state index in [1.807, 2.05) is 55.5 Å². The second-order valence-corrected chi connectivity index (χ2v) is 9.21. The number of carbonyl (C=O) groups excluding carboxylic acids is 2. The van der Waals surface area contributed by atoms with E-state index in [1.54, 1.807) is 40.4 Å². The predicted octanol–water partition coefficient (Wildman–Crippen LogP) is 4.66. The first-order valence-corrected chi connectivity index (χ1v) is 12.3. The molecule has 5 rings (SSSR count). The molecule has 0 bridgehead atoms. The topological polar surface area (TPSA) is 78.4 Å². The lowest BCUT2D eigenvalue weighted by molar-refractivity contribution is 0.0532. The number of aryl methyl sites for hydroxylation is 1. The summed E-state index contributed by atoms with van der Waals surface area (Å²) in [5.41, 5.74) is 3.97. The summed E-state index contributed by atoms with van der Waals surface area (Å²) in [7, 11) is 0. The van der Waals surface area contributed by atoms with Gasteiger partial charge in [0, 0.05) is 55.2 Å². The van der Waals surface area contributed by atoms with Gasteiger partial charge in [0.2, 0.25) is 0 Å². The number of rotatable bonds is 5. The van der Waals surface area contributed by atoms with Gasteiger partial charge in [-0.25, -0.2) is 0 Å². The van der Waals surface area contributed by atoms with Gasteiger partial charge < -0.3 is 14.5 Å². The lowest BCUT2D eigenvalue weighted by Crippen LogP contribution is -2.50. The fourth-order valence-electron chi connectivity index (χ4n) is 4.13. The fraction of sp³-hybridized carbons (Fsp3) is 0.185. The number of hydrogen-bond donors (Lipinski definition) is 1. The SMILES string of the molecule is Cc1cc(C(=O)N2CCN(C(=O)c3ccccn3)CC2)ccc1NSc1cccc2cccnc12. The molecule has 1 aliphatic rings. The number of para-hydroxylation sites is 1. The molecule has 0 aliphatic carbocycles. The van der Waals surface area contributed by atoms with Gasteiger partial charge in [0.25, 0.3) is 11.8 Å². The lowest BCUT2D eigenvalue weighted by atomic mass is 10.1. The molecular formula is C27H25N5O2S. The molecule has 7 nitrogen and oxygen atoms in total. The second kappa shape index (κ2) is 10.1. The van der Waals surface area contributed by atoms with Crippen molar-refractivity contribution in [2.24, 2.45) is 0 Å². The first-order valence-electron chi connectivity index (χ1n) is 11.5. The average molecular weight is 484 g/mol. The first kappa shape index (κ1) is 22.9. The summed E-state index contributed by atoms with van der Waals surface area (Å²) in [6, 6.07) is 21.1. The minimum Gasteiger partial charge on any atom is -0.335 e. The summed E-state index contributed by atoms with van der Waals surface area (Å²) in [5.74, 6) is -0.113. The molecule has 1 saturated heterocycles. The molecule has 35 heavy (non-hydrogen) atoms. The number of nitrogens with one attached hydrogen (secondary N) is 1. The molecule has 3 heterocycles. The van der Waals surface area contributed by atoms with Crippen molar-refractivity contribution in [2.45, 2.75) is 11.8 Å². The molecule has 1 N–H and O–H groups in total. The van der Waals surface area contributed by atoms with E-state index in [9.17, 15) is 9.59 Å². The van der Waals surface area contributed by atoms with Crippen molar-refractivity contribution < 1.29 is 9.59 Å². The summed E-state index contributed by atoms with van der Waals surface area (Å²) >= 11 is 1.51. The molecule has 2 amide bonds. The van der Waals surface area contributed by atoms with Crippen LogP contribution in [0.5, 0.6) is 0 Å². The van der Waals surface area contributed by atoms with Gasteiger partial charge >= 0.3 is 0 Å². The third kappa shape index (κ3) is 4.97. The number of nitrogens with zero attached hydrogens (tertiary/aromatic N) is 4. The normalized spacial score (nSPS) is 13.6. The number of fused-ring (bicyclic) bond motifs is 1. The Hall–Kier alpha value is -3.91. The number of benzene rings is 2. The maximum atomic E-state index is 13.1. The smallest absolute Gasteiger partial charge is 0.272 e. The fourth-order valence-corrected chi connectivity index (χ4v) is 4.99. The molecule has 1 aliphatic heterocycles. The molecule has 8 heteroatoms. The van der Waals surface area contributed by atoms with Crippen LogP contribution in [0.2, 0.25) is 0 Å². The van der Waals surface area contributed by atoms with Crippen LogP contribution in [-0.2, 0) is 0 Å². The van der Waals surface area contributed by atoms with E-state index < -0.39 is 0 Å². The Morgan fingerprint density at radius 2 is 1.57 bits per heavy atom. The van der Waals surface area contributed by atoms with Gasteiger partial charge in [0.05, 0.1) is 10.4 Å². The van der Waals surface area contributed by atoms with Crippen molar-refractivity contribution in [3.63, 3.8) is 0 Å². The van der Waals surface area contributed by atoms with Gasteiger partial charge in [-0.05, 0) is 66.9 Å². The first-order chi connectivity index (χ1) is 17.1. The zero-order valence-electron chi connectivity index (χ0n) is 19.3. The minimum atomic E-state index is -0.0946. The Morgan fingerprint density at radius 1 is 0.829 bits per heavy atom. The number of aromatic nitrogens is 2. The Balaban J connectivity index is 1.21. The molecule has 0 atom stereocenters. The lowest BCUT2D eigenvalue weighted by Gasteiger charge is -2.34. The van der Waals surface area contributed by atoms with Gasteiger partial charge in [0.15, 0.2) is 0 Å². The van der Waals surface area contributed by atoms with Crippen LogP contribution in [0.25, 0.3) is 10.9 Å². The molecule has 2 aromatic carbocycles. The highest BCUT2D eigenvalue weighted by Gasteiger charge is 2.26. The van der Waals surface area contributed by atoms with Crippen LogP contribution in [-0.4, -0.2) is 57.8 Å². The number of carbonyl (C=O) groups is 2. The Kier molecular flexibility index (Phi) is 6.63. The summed E-state index contributed by atoms with van der Waals surface area (Å²) in [4.78, 5) is 39.0. The van der Waals surface area contributed by atoms with Gasteiger partial charge in [-0.15, -0.1) is 0 Å². The van der Waals surface area contributed by atoms with Crippen LogP contribution in [0, 0.1) is 6.92 Å². The van der Waals surface area contributed by atoms with Crippen LogP contribution in [0.1, 0.15) is 26.4 Å². The molecule has 0 unspecified atom stereocenters. The van der Waals surface area contributed by atoms with E-state index in [0.717, 1.165) is 27.0 Å². The quantitative estimate of drug-likeness (QED) is 0.416. The highest BCUT2D eigenvalue weighted by atomic mass is 32.2. The van der Waals surface area contributed by atoms with E-state index in [1.165, 1.54) is 11.9 Å². The van der Waals surface area contributed by atoms with Gasteiger partial charge in [-0.3, -0.25) is 19.6 Å². The molecule has 0 radical (unpaired) electrons. The van der Waals surface area contributed by atoms with Crippen molar-refractivity contribution in [3.05, 3.63) is 95.9 Å². The van der Waals surface area contributed by atoms with E-state index in [4.69, 9.17) is 0 Å². The maximum Gasteiger partial charge on any atom is 0.272 e. The molecule has 0 spiro atoms. The molecular weight excluding hydrogens is 458 g/mol. The molecule has 4 aromatic rings. The highest BCUT2D eigenvalue weighted by molar-refractivity contribution is 8.00. The van der Waals surface area contributed by atoms with Crippen molar-refractivity contribution >= 4 is 40.4 Å². The maximum absolute atomic E-state index is 13.1. The minimum absolute atomic E-state index is 0.0181. The average Bonchev–Trinajstić information content (AvgIpc) is 2.92. The predicted molar refractivity (Wildman–Crippen MR) is 138 cm³/mol. The number of piperazine rings is 1. The summed E-state index contributed by atoms with van der Waals surface area (Å²) < 4.78 is 3.40. The molecule has 2 aromatic heterocycles. The monoisotopic (exact) mass is 483 g/mol. The van der Waals surface area contributed by atoms with Crippen molar-refractivity contribution in [1.29, 1.82) is 0 Å². The largest absolute Gasteiger partial charge is 0.335 e. The molecule has 176 valence electrons. The van der Waals surface area contributed by atoms with Crippen LogP contribution in [0.3, 0.4) is 0 Å². The Bertz CT molecular complexity index is 1370. The van der Waals surface area contributed by atoms with Crippen molar-refractivity contribution in [3.8, 4) is 0 Å². The zero-order chi connectivity index (χ0) is 24.2. The van der Waals surface area contributed by atoms with Gasteiger partial charge in [-0.2, -0.15) is 0 Å². The van der Waals surface area contributed by atoms with E-state index in [0.29, 0.717) is 37.4 Å². The van der Waals surface area contributed by atoms with E-state index in [2.05, 4.69) is 14.7 Å². The van der Waals surface area contributed by atoms with Crippen LogP contribution >= 0.6 is 11.9 Å². The van der Waals surface area contributed by atoms with Crippen molar-refractivity contribution in [2.75, 3.05) is 30.9 Å². The third-order valence-corrected chi connectivity index (χ3v) is 6.95. The number of anilines is 1. The third-order valence-electron chi connectivity index (χ3n) is 6.08. The van der Waals surface area contributed by atoms with E-state index in [-0.39, 0.29) is 11.8 Å². The standard InChI is InChI=1S/C27H25N5O2S/c1-19-18-21(10-11-22(19)30-35-24-9-4-6-20-7-5-13-29-25(20)24)26(33)31-14-16-32(17-15-31)27(34)23-8-2-3-12-28-23/h2-13,18,30H,14-17H2,1H3. The van der Waals surface area contributed by atoms with E-state index >= 15 is 0 Å². The van der Waals surface area contributed by atoms with Gasteiger partial charge in [-0.1, -0.05) is 24.3 Å².